The van der Waals surface area contributed by atoms with Crippen molar-refractivity contribution in [2.75, 3.05) is 13.2 Å². The summed E-state index contributed by atoms with van der Waals surface area (Å²) in [6.45, 7) is 8.40. The molecule has 9 heteroatoms. The van der Waals surface area contributed by atoms with E-state index in [2.05, 4.69) is 26.0 Å². The van der Waals surface area contributed by atoms with Gasteiger partial charge in [0, 0.05) is 5.69 Å². The summed E-state index contributed by atoms with van der Waals surface area (Å²) < 4.78 is 14.1. The summed E-state index contributed by atoms with van der Waals surface area (Å²) in [5, 5.41) is 4.38. The molecule has 0 spiro atoms. The molecular weight excluding hydrogens is 416 g/mol. The fraction of sp³-hybridized carbons (Fsp3) is 0.556. The van der Waals surface area contributed by atoms with E-state index in [1.54, 1.807) is 4.57 Å². The van der Waals surface area contributed by atoms with E-state index >= 15 is 0 Å². The smallest absolute Gasteiger partial charge is 0.326 e. The van der Waals surface area contributed by atoms with E-state index < -0.39 is 11.6 Å². The Morgan fingerprint density at radius 3 is 2.74 bits per heavy atom. The van der Waals surface area contributed by atoms with Gasteiger partial charge in [-0.25, -0.2) is 0 Å². The van der Waals surface area contributed by atoms with E-state index in [0.717, 1.165) is 5.57 Å². The first-order valence-corrected chi connectivity index (χ1v) is 9.67. The van der Waals surface area contributed by atoms with E-state index in [0.29, 0.717) is 47.8 Å². The largest absolute Gasteiger partial charge is 0.459 e. The minimum absolute atomic E-state index is 0.0525. The lowest BCUT2D eigenvalue weighted by Gasteiger charge is -2.21. The number of esters is 1. The van der Waals surface area contributed by atoms with Crippen molar-refractivity contribution >= 4 is 33.3 Å². The van der Waals surface area contributed by atoms with Gasteiger partial charge in [0.1, 0.15) is 16.6 Å². The average Bonchev–Trinajstić information content (AvgIpc) is 3.04. The second-order valence-electron chi connectivity index (χ2n) is 7.29. The van der Waals surface area contributed by atoms with Gasteiger partial charge >= 0.3 is 5.97 Å². The molecule has 146 valence electrons. The number of ether oxygens (including phenoxy) is 2. The molecule has 0 amide bonds. The molecule has 3 rings (SSSR count). The number of nitrogens with zero attached hydrogens (tertiary/aromatic N) is 4. The molecule has 0 radical (unpaired) electrons. The van der Waals surface area contributed by atoms with Crippen LogP contribution in [0.5, 0.6) is 0 Å². The van der Waals surface area contributed by atoms with Crippen LogP contribution in [0.4, 0.5) is 0 Å². The molecule has 1 aliphatic heterocycles. The third-order valence-corrected chi connectivity index (χ3v) is 4.88. The van der Waals surface area contributed by atoms with Crippen LogP contribution < -0.4 is 5.56 Å². The van der Waals surface area contributed by atoms with Gasteiger partial charge in [-0.3, -0.25) is 9.59 Å². The molecular formula is C18H23BrN4O4. The zero-order valence-corrected chi connectivity index (χ0v) is 17.5. The lowest BCUT2D eigenvalue weighted by Crippen LogP contribution is -2.30. The maximum Gasteiger partial charge on any atom is 0.326 e. The van der Waals surface area contributed by atoms with E-state index in [1.165, 1.54) is 4.52 Å². The highest BCUT2D eigenvalue weighted by Gasteiger charge is 2.23. The predicted molar refractivity (Wildman–Crippen MR) is 104 cm³/mol. The number of carbonyl (C=O) groups is 1. The van der Waals surface area contributed by atoms with Crippen LogP contribution >= 0.6 is 15.9 Å². The summed E-state index contributed by atoms with van der Waals surface area (Å²) >= 11 is 3.36. The molecule has 1 aliphatic rings. The Bertz CT molecular complexity index is 968. The first kappa shape index (κ1) is 19.8. The van der Waals surface area contributed by atoms with Gasteiger partial charge in [0.25, 0.3) is 5.56 Å². The lowest BCUT2D eigenvalue weighted by molar-refractivity contribution is -0.155. The van der Waals surface area contributed by atoms with E-state index in [-0.39, 0.29) is 12.1 Å². The summed E-state index contributed by atoms with van der Waals surface area (Å²) in [6, 6.07) is 0. The van der Waals surface area contributed by atoms with Gasteiger partial charge in [-0.1, -0.05) is 13.0 Å². The fourth-order valence-electron chi connectivity index (χ4n) is 2.95. The zero-order valence-electron chi connectivity index (χ0n) is 15.9. The van der Waals surface area contributed by atoms with Crippen LogP contribution in [0.2, 0.25) is 0 Å². The number of fused-ring (bicyclic) bond motifs is 1. The second kappa shape index (κ2) is 7.55. The van der Waals surface area contributed by atoms with Crippen LogP contribution in [0.25, 0.3) is 11.4 Å². The van der Waals surface area contributed by atoms with Crippen molar-refractivity contribution in [1.29, 1.82) is 0 Å². The molecule has 8 nitrogen and oxygen atoms in total. The van der Waals surface area contributed by atoms with E-state index in [1.807, 2.05) is 33.8 Å². The van der Waals surface area contributed by atoms with Crippen molar-refractivity contribution in [1.82, 2.24) is 19.2 Å². The molecule has 0 N–H and O–H groups in total. The van der Waals surface area contributed by atoms with Gasteiger partial charge in [0.05, 0.1) is 13.2 Å². The molecule has 0 aromatic carbocycles. The van der Waals surface area contributed by atoms with Gasteiger partial charge in [-0.05, 0) is 55.1 Å². The van der Waals surface area contributed by atoms with Crippen molar-refractivity contribution in [3.05, 3.63) is 32.4 Å². The molecule has 0 fully saturated rings. The van der Waals surface area contributed by atoms with Crippen molar-refractivity contribution in [3.8, 4) is 0 Å². The van der Waals surface area contributed by atoms with Crippen LogP contribution in [0.3, 0.4) is 0 Å². The monoisotopic (exact) mass is 438 g/mol. The first-order chi connectivity index (χ1) is 12.7. The summed E-state index contributed by atoms with van der Waals surface area (Å²) in [5.41, 5.74) is 0.719. The normalized spacial score (nSPS) is 15.1. The van der Waals surface area contributed by atoms with E-state index in [4.69, 9.17) is 9.47 Å². The highest BCUT2D eigenvalue weighted by atomic mass is 79.9. The molecule has 0 atom stereocenters. The topological polar surface area (TPSA) is 87.7 Å². The zero-order chi connectivity index (χ0) is 19.8. The Balaban J connectivity index is 2.13. The number of rotatable bonds is 4. The van der Waals surface area contributed by atoms with Gasteiger partial charge in [-0.15, -0.1) is 5.10 Å². The molecule has 0 unspecified atom stereocenters. The highest BCUT2D eigenvalue weighted by molar-refractivity contribution is 9.10. The lowest BCUT2D eigenvalue weighted by atomic mass is 10.1. The summed E-state index contributed by atoms with van der Waals surface area (Å²) in [7, 11) is 0. The Labute approximate surface area is 165 Å². The van der Waals surface area contributed by atoms with Gasteiger partial charge in [0.2, 0.25) is 5.78 Å². The molecule has 27 heavy (non-hydrogen) atoms. The van der Waals surface area contributed by atoms with Gasteiger partial charge in [-0.2, -0.15) is 9.50 Å². The Kier molecular flexibility index (Phi) is 5.53. The Morgan fingerprint density at radius 2 is 2.15 bits per heavy atom. The number of hydrogen-bond acceptors (Lipinski definition) is 6. The van der Waals surface area contributed by atoms with Crippen molar-refractivity contribution < 1.29 is 14.3 Å². The number of carbonyl (C=O) groups excluding carboxylic acids is 1. The number of aromatic nitrogens is 4. The maximum absolute atomic E-state index is 12.7. The van der Waals surface area contributed by atoms with Crippen molar-refractivity contribution in [3.63, 3.8) is 0 Å². The van der Waals surface area contributed by atoms with Crippen LogP contribution in [-0.4, -0.2) is 43.9 Å². The summed E-state index contributed by atoms with van der Waals surface area (Å²) in [6.07, 6.45) is 3.14. The quantitative estimate of drug-likeness (QED) is 0.680. The molecule has 2 aromatic heterocycles. The average molecular weight is 439 g/mol. The molecule has 2 aromatic rings. The summed E-state index contributed by atoms with van der Waals surface area (Å²) in [5.74, 6) is 0.409. The SMILES string of the molecule is CCc1c(Br)c(=O)n2nc(C3=CCOCC3)nc2n1CC(=O)OC(C)(C)C. The summed E-state index contributed by atoms with van der Waals surface area (Å²) in [4.78, 5) is 29.7. The Morgan fingerprint density at radius 1 is 1.41 bits per heavy atom. The molecule has 0 bridgehead atoms. The van der Waals surface area contributed by atoms with Gasteiger partial charge < -0.3 is 14.0 Å². The fourth-order valence-corrected chi connectivity index (χ4v) is 3.61. The second-order valence-corrected chi connectivity index (χ2v) is 8.09. The third-order valence-electron chi connectivity index (χ3n) is 4.08. The van der Waals surface area contributed by atoms with E-state index in [9.17, 15) is 9.59 Å². The van der Waals surface area contributed by atoms with Crippen LogP contribution in [0.15, 0.2) is 15.3 Å². The van der Waals surface area contributed by atoms with Crippen LogP contribution in [0, 0.1) is 0 Å². The number of halogens is 1. The molecule has 0 saturated heterocycles. The molecule has 0 saturated carbocycles. The minimum atomic E-state index is -0.595. The maximum atomic E-state index is 12.7. The minimum Gasteiger partial charge on any atom is -0.459 e. The molecule has 0 aliphatic carbocycles. The predicted octanol–water partition coefficient (Wildman–Crippen LogP) is 2.36. The molecule has 3 heterocycles. The highest BCUT2D eigenvalue weighted by Crippen LogP contribution is 2.21. The van der Waals surface area contributed by atoms with Gasteiger partial charge in [0.15, 0.2) is 5.82 Å². The van der Waals surface area contributed by atoms with Crippen LogP contribution in [0.1, 0.15) is 45.6 Å². The van der Waals surface area contributed by atoms with Crippen LogP contribution in [-0.2, 0) is 27.2 Å². The third kappa shape index (κ3) is 4.14. The van der Waals surface area contributed by atoms with Crippen molar-refractivity contribution in [2.45, 2.75) is 52.7 Å². The Hall–Kier alpha value is -2.00. The van der Waals surface area contributed by atoms with Crippen molar-refractivity contribution in [2.24, 2.45) is 0 Å². The standard InChI is InChI=1S/C18H23BrN4O4/c1-5-12-14(19)16(25)23-17(22(12)10-13(24)27-18(2,3)4)20-15(21-23)11-6-8-26-9-7-11/h6H,5,7-10H2,1-4H3. The first-order valence-electron chi connectivity index (χ1n) is 8.88. The number of hydrogen-bond donors (Lipinski definition) is 0.